The Bertz CT molecular complexity index is 494. The first kappa shape index (κ1) is 12.4. The van der Waals surface area contributed by atoms with Crippen LogP contribution in [0.25, 0.3) is 0 Å². The summed E-state index contributed by atoms with van der Waals surface area (Å²) in [6, 6.07) is 5.46. The van der Waals surface area contributed by atoms with Crippen LogP contribution in [-0.4, -0.2) is 39.4 Å². The molecule has 2 heterocycles. The van der Waals surface area contributed by atoms with Gasteiger partial charge < -0.3 is 19.5 Å². The molecule has 19 heavy (non-hydrogen) atoms. The molecular weight excluding hydrogens is 246 g/mol. The second-order valence-electron chi connectivity index (χ2n) is 4.86. The van der Waals surface area contributed by atoms with Crippen molar-refractivity contribution < 1.29 is 19.0 Å². The van der Waals surface area contributed by atoms with E-state index in [-0.39, 0.29) is 11.5 Å². The van der Waals surface area contributed by atoms with Crippen LogP contribution in [0.3, 0.4) is 0 Å². The van der Waals surface area contributed by atoms with Gasteiger partial charge in [-0.15, -0.1) is 0 Å². The Morgan fingerprint density at radius 1 is 1.42 bits per heavy atom. The average molecular weight is 263 g/mol. The normalized spacial score (nSPS) is 25.5. The summed E-state index contributed by atoms with van der Waals surface area (Å²) >= 11 is 0. The molecule has 1 saturated heterocycles. The lowest BCUT2D eigenvalue weighted by Crippen LogP contribution is -2.54. The number of carbonyl (C=O) groups is 1. The summed E-state index contributed by atoms with van der Waals surface area (Å²) in [4.78, 5) is 11.5. The molecule has 1 fully saturated rings. The van der Waals surface area contributed by atoms with E-state index in [1.165, 1.54) is 7.11 Å². The molecule has 1 aromatic rings. The highest BCUT2D eigenvalue weighted by molar-refractivity contribution is 5.90. The molecule has 0 aliphatic carbocycles. The molecule has 5 nitrogen and oxygen atoms in total. The van der Waals surface area contributed by atoms with Crippen molar-refractivity contribution in [2.45, 2.75) is 12.0 Å². The van der Waals surface area contributed by atoms with Gasteiger partial charge in [0.25, 0.3) is 0 Å². The van der Waals surface area contributed by atoms with Gasteiger partial charge in [0.1, 0.15) is 5.75 Å². The van der Waals surface area contributed by atoms with Gasteiger partial charge in [-0.05, 0) is 12.1 Å². The molecule has 0 amide bonds. The van der Waals surface area contributed by atoms with E-state index in [2.05, 4.69) is 5.32 Å². The van der Waals surface area contributed by atoms with Gasteiger partial charge in [-0.1, -0.05) is 6.07 Å². The maximum Gasteiger partial charge on any atom is 0.337 e. The zero-order valence-corrected chi connectivity index (χ0v) is 10.9. The van der Waals surface area contributed by atoms with Crippen molar-refractivity contribution in [1.29, 1.82) is 0 Å². The number of hydrogen-bond acceptors (Lipinski definition) is 5. The lowest BCUT2D eigenvalue weighted by molar-refractivity contribution is 0.00559. The summed E-state index contributed by atoms with van der Waals surface area (Å²) in [5.74, 6) is 0.394. The average Bonchev–Trinajstić information content (AvgIpc) is 2.47. The minimum Gasteiger partial charge on any atom is -0.493 e. The molecule has 0 bridgehead atoms. The van der Waals surface area contributed by atoms with Crippen molar-refractivity contribution in [3.05, 3.63) is 29.3 Å². The quantitative estimate of drug-likeness (QED) is 0.768. The maximum atomic E-state index is 11.5. The number of methoxy groups -OCH3 is 1. The van der Waals surface area contributed by atoms with Gasteiger partial charge in [-0.25, -0.2) is 4.79 Å². The topological polar surface area (TPSA) is 56.8 Å². The van der Waals surface area contributed by atoms with Crippen LogP contribution < -0.4 is 10.1 Å². The van der Waals surface area contributed by atoms with Crippen LogP contribution in [0.1, 0.15) is 22.3 Å². The van der Waals surface area contributed by atoms with Gasteiger partial charge in [-0.3, -0.25) is 0 Å². The number of ether oxygens (including phenoxy) is 3. The first-order valence-corrected chi connectivity index (χ1v) is 6.44. The van der Waals surface area contributed by atoms with E-state index >= 15 is 0 Å². The van der Waals surface area contributed by atoms with Crippen molar-refractivity contribution in [2.24, 2.45) is 0 Å². The number of carbonyl (C=O) groups excluding carboxylic acids is 1. The van der Waals surface area contributed by atoms with E-state index in [4.69, 9.17) is 14.2 Å². The van der Waals surface area contributed by atoms with Gasteiger partial charge in [-0.2, -0.15) is 0 Å². The first-order valence-electron chi connectivity index (χ1n) is 6.44. The molecule has 0 radical (unpaired) electrons. The largest absolute Gasteiger partial charge is 0.493 e. The summed E-state index contributed by atoms with van der Waals surface area (Å²) in [5, 5.41) is 3.53. The predicted molar refractivity (Wildman–Crippen MR) is 68.4 cm³/mol. The fourth-order valence-corrected chi connectivity index (χ4v) is 2.75. The molecule has 3 rings (SSSR count). The van der Waals surface area contributed by atoms with E-state index in [1.807, 2.05) is 6.07 Å². The van der Waals surface area contributed by atoms with Gasteiger partial charge in [0, 0.05) is 18.5 Å². The number of morpholine rings is 1. The molecule has 5 heteroatoms. The van der Waals surface area contributed by atoms with Crippen LogP contribution in [0, 0.1) is 0 Å². The smallest absolute Gasteiger partial charge is 0.337 e. The summed E-state index contributed by atoms with van der Waals surface area (Å²) in [5.41, 5.74) is 1.39. The van der Waals surface area contributed by atoms with E-state index in [0.717, 1.165) is 30.9 Å². The fraction of sp³-hybridized carbons (Fsp3) is 0.500. The van der Waals surface area contributed by atoms with Crippen molar-refractivity contribution in [3.8, 4) is 5.75 Å². The highest BCUT2D eigenvalue weighted by Crippen LogP contribution is 2.38. The number of nitrogens with one attached hydrogen (secondary N) is 1. The van der Waals surface area contributed by atoms with E-state index in [0.29, 0.717) is 18.8 Å². The third-order valence-electron chi connectivity index (χ3n) is 3.76. The summed E-state index contributed by atoms with van der Waals surface area (Å²) in [6.07, 6.45) is 0.873. The van der Waals surface area contributed by atoms with Crippen LogP contribution in [0.15, 0.2) is 18.2 Å². The van der Waals surface area contributed by atoms with Gasteiger partial charge >= 0.3 is 5.97 Å². The Hall–Kier alpha value is -1.59. The second-order valence-corrected chi connectivity index (χ2v) is 4.86. The lowest BCUT2D eigenvalue weighted by atomic mass is 9.84. The minimum atomic E-state index is -0.348. The third-order valence-corrected chi connectivity index (χ3v) is 3.76. The Morgan fingerprint density at radius 2 is 2.32 bits per heavy atom. The number of benzene rings is 1. The molecule has 1 spiro atoms. The predicted octanol–water partition coefficient (Wildman–Crippen LogP) is 1.07. The molecule has 2 aliphatic heterocycles. The number of esters is 1. The van der Waals surface area contributed by atoms with Crippen molar-refractivity contribution in [1.82, 2.24) is 5.32 Å². The summed E-state index contributed by atoms with van der Waals surface area (Å²) < 4.78 is 16.0. The zero-order chi connectivity index (χ0) is 13.3. The highest BCUT2D eigenvalue weighted by atomic mass is 16.5. The van der Waals surface area contributed by atoms with Gasteiger partial charge in [0.15, 0.2) is 0 Å². The molecule has 0 unspecified atom stereocenters. The van der Waals surface area contributed by atoms with Crippen LogP contribution in [0.2, 0.25) is 0 Å². The standard InChI is InChI=1S/C14H17NO4/c1-17-13(16)10-2-3-11-12(8-10)19-6-4-14(11)9-18-7-5-15-14/h2-3,8,15H,4-7,9H2,1H3/t14-/m0/s1. The molecule has 2 aliphatic rings. The molecule has 0 aromatic heterocycles. The van der Waals surface area contributed by atoms with Crippen molar-refractivity contribution in [2.75, 3.05) is 33.5 Å². The molecular formula is C14H17NO4. The van der Waals surface area contributed by atoms with Gasteiger partial charge in [0.05, 0.1) is 38.0 Å². The van der Waals surface area contributed by atoms with Crippen LogP contribution in [0.4, 0.5) is 0 Å². The van der Waals surface area contributed by atoms with E-state index < -0.39 is 0 Å². The number of rotatable bonds is 1. The van der Waals surface area contributed by atoms with Crippen molar-refractivity contribution in [3.63, 3.8) is 0 Å². The fourth-order valence-electron chi connectivity index (χ4n) is 2.75. The minimum absolute atomic E-state index is 0.180. The molecule has 1 aromatic carbocycles. The second kappa shape index (κ2) is 4.83. The van der Waals surface area contributed by atoms with Crippen LogP contribution in [-0.2, 0) is 15.0 Å². The summed E-state index contributed by atoms with van der Waals surface area (Å²) in [7, 11) is 1.38. The Kier molecular flexibility index (Phi) is 3.16. The van der Waals surface area contributed by atoms with Crippen molar-refractivity contribution >= 4 is 5.97 Å². The lowest BCUT2D eigenvalue weighted by Gasteiger charge is -2.42. The number of fused-ring (bicyclic) bond motifs is 2. The van der Waals surface area contributed by atoms with Crippen LogP contribution >= 0.6 is 0 Å². The Morgan fingerprint density at radius 3 is 3.05 bits per heavy atom. The van der Waals surface area contributed by atoms with E-state index in [1.54, 1.807) is 12.1 Å². The molecule has 102 valence electrons. The van der Waals surface area contributed by atoms with E-state index in [9.17, 15) is 4.79 Å². The zero-order valence-electron chi connectivity index (χ0n) is 10.9. The monoisotopic (exact) mass is 263 g/mol. The molecule has 0 saturated carbocycles. The highest BCUT2D eigenvalue weighted by Gasteiger charge is 2.39. The van der Waals surface area contributed by atoms with Gasteiger partial charge in [0.2, 0.25) is 0 Å². The maximum absolute atomic E-state index is 11.5. The molecule has 1 N–H and O–H groups in total. The Balaban J connectivity index is 1.99. The SMILES string of the molecule is COC(=O)c1ccc2c(c1)OCC[C@]21COCCN1. The summed E-state index contributed by atoms with van der Waals surface area (Å²) in [6.45, 7) is 2.82. The first-order chi connectivity index (χ1) is 9.25. The third kappa shape index (κ3) is 2.09. The molecule has 1 atom stereocenters. The van der Waals surface area contributed by atoms with Crippen LogP contribution in [0.5, 0.6) is 5.75 Å². The number of hydrogen-bond donors (Lipinski definition) is 1. The Labute approximate surface area is 111 Å².